The number of aromatic nitrogens is 5. The molecular weight excluding hydrogens is 1170 g/mol. The molecule has 0 aliphatic heterocycles. The average molecular weight is 1260 g/mol. The van der Waals surface area contributed by atoms with Crippen molar-refractivity contribution in [2.75, 3.05) is 0 Å². The zero-order chi connectivity index (χ0) is 67.7. The fraction of sp³-hybridized carbons (Fsp3) is 0.270. The summed E-state index contributed by atoms with van der Waals surface area (Å²) in [5.74, 6) is 0.607. The predicted molar refractivity (Wildman–Crippen MR) is 406 cm³/mol. The zero-order valence-electron chi connectivity index (χ0n) is 59.1. The first-order valence-electron chi connectivity index (χ1n) is 34.1. The van der Waals surface area contributed by atoms with Gasteiger partial charge in [0.2, 0.25) is 0 Å². The maximum Gasteiger partial charge on any atom is 0.163 e. The molecule has 0 N–H and O–H groups in total. The van der Waals surface area contributed by atoms with E-state index in [1.54, 1.807) is 0 Å². The molecular formula is C89H86N6O. The van der Waals surface area contributed by atoms with Crippen LogP contribution in [-0.4, -0.2) is 23.7 Å². The Hall–Kier alpha value is -10.0. The third kappa shape index (κ3) is 10.0. The highest BCUT2D eigenvalue weighted by Crippen LogP contribution is 2.52. The van der Waals surface area contributed by atoms with Gasteiger partial charge in [0.15, 0.2) is 11.4 Å². The van der Waals surface area contributed by atoms with E-state index in [-0.39, 0.29) is 32.5 Å². The van der Waals surface area contributed by atoms with Crippen LogP contribution in [-0.2, 0) is 32.5 Å². The first kappa shape index (κ1) is 62.1. The van der Waals surface area contributed by atoms with Crippen molar-refractivity contribution < 1.29 is 4.42 Å². The Morgan fingerprint density at radius 2 is 0.646 bits per heavy atom. The van der Waals surface area contributed by atoms with Crippen molar-refractivity contribution in [3.8, 4) is 57.0 Å². The van der Waals surface area contributed by atoms with Crippen LogP contribution in [0.25, 0.3) is 138 Å². The summed E-state index contributed by atoms with van der Waals surface area (Å²) >= 11 is 0. The number of hydrogen-bond acceptors (Lipinski definition) is 4. The molecule has 0 radical (unpaired) electrons. The third-order valence-electron chi connectivity index (χ3n) is 20.2. The SMILES string of the molecule is CC(C)(C)c1ccc2c(c1)c1cc(C(C)(C)C)ccc1n2-c1c(C#N)c(-n2c3ccc(C(C)(C)C)cc3c3cc(C(C)(C)C)ccc32)c2oc3c(-c4cc(-c5ccccc5)nc(-c5ccccc5)n4)cccc3c2c1-n1c2ccc(C(C)(C)C)cc2c2cc(C(C)(C)C)ccc21. The number of benzene rings is 10. The molecule has 7 nitrogen and oxygen atoms in total. The molecule has 5 aromatic heterocycles. The fourth-order valence-electron chi connectivity index (χ4n) is 14.6. The molecule has 478 valence electrons. The molecule has 0 aliphatic carbocycles. The molecule has 0 atom stereocenters. The first-order valence-corrected chi connectivity index (χ1v) is 34.1. The van der Waals surface area contributed by atoms with Crippen molar-refractivity contribution in [3.05, 3.63) is 233 Å². The number of furan rings is 1. The minimum absolute atomic E-state index is 0.151. The Balaban J connectivity index is 1.23. The molecule has 0 fully saturated rings. The Morgan fingerprint density at radius 1 is 0.312 bits per heavy atom. The first-order chi connectivity index (χ1) is 45.4. The van der Waals surface area contributed by atoms with Gasteiger partial charge in [-0.2, -0.15) is 5.26 Å². The molecule has 15 aromatic rings. The lowest BCUT2D eigenvalue weighted by molar-refractivity contribution is 0.590. The van der Waals surface area contributed by atoms with E-state index in [1.807, 2.05) is 24.3 Å². The highest BCUT2D eigenvalue weighted by atomic mass is 16.3. The summed E-state index contributed by atoms with van der Waals surface area (Å²) in [6.45, 7) is 41.3. The van der Waals surface area contributed by atoms with Gasteiger partial charge in [0, 0.05) is 54.4 Å². The van der Waals surface area contributed by atoms with Crippen molar-refractivity contribution in [3.63, 3.8) is 0 Å². The fourth-order valence-corrected chi connectivity index (χ4v) is 14.6. The molecule has 0 unspecified atom stereocenters. The van der Waals surface area contributed by atoms with Gasteiger partial charge in [-0.05, 0) is 151 Å². The summed E-state index contributed by atoms with van der Waals surface area (Å²) in [5.41, 5.74) is 20.7. The topological polar surface area (TPSA) is 77.5 Å². The van der Waals surface area contributed by atoms with Crippen LogP contribution in [0.3, 0.4) is 0 Å². The summed E-state index contributed by atoms with van der Waals surface area (Å²) in [6.07, 6.45) is 0. The second-order valence-electron chi connectivity index (χ2n) is 33.1. The van der Waals surface area contributed by atoms with Crippen molar-refractivity contribution in [2.45, 2.75) is 157 Å². The maximum atomic E-state index is 13.2. The second-order valence-corrected chi connectivity index (χ2v) is 33.1. The van der Waals surface area contributed by atoms with E-state index in [4.69, 9.17) is 14.4 Å². The molecule has 0 aliphatic rings. The van der Waals surface area contributed by atoms with Crippen LogP contribution in [0.4, 0.5) is 0 Å². The molecule has 10 aromatic carbocycles. The van der Waals surface area contributed by atoms with E-state index < -0.39 is 0 Å². The molecule has 0 saturated carbocycles. The number of hydrogen-bond donors (Lipinski definition) is 0. The molecule has 7 heteroatoms. The largest absolute Gasteiger partial charge is 0.453 e. The quantitative estimate of drug-likeness (QED) is 0.166. The maximum absolute atomic E-state index is 13.2. The van der Waals surface area contributed by atoms with Crippen LogP contribution >= 0.6 is 0 Å². The lowest BCUT2D eigenvalue weighted by Crippen LogP contribution is -2.13. The van der Waals surface area contributed by atoms with E-state index in [0.717, 1.165) is 110 Å². The Labute approximate surface area is 564 Å². The highest BCUT2D eigenvalue weighted by Gasteiger charge is 2.35. The van der Waals surface area contributed by atoms with Crippen LogP contribution in [0.5, 0.6) is 0 Å². The van der Waals surface area contributed by atoms with E-state index in [0.29, 0.717) is 33.9 Å². The van der Waals surface area contributed by atoms with Gasteiger partial charge in [0.1, 0.15) is 22.9 Å². The molecule has 15 rings (SSSR count). The van der Waals surface area contributed by atoms with Crippen LogP contribution < -0.4 is 0 Å². The lowest BCUT2D eigenvalue weighted by Gasteiger charge is -2.24. The molecule has 0 spiro atoms. The van der Waals surface area contributed by atoms with Crippen molar-refractivity contribution in [2.24, 2.45) is 0 Å². The monoisotopic (exact) mass is 1250 g/mol. The standard InChI is InChI=1S/C89H86N6O/c1-84(2,3)54-32-38-71-62(44-54)63-45-55(85(4,5)6)33-39-72(63)93(71)78-68(51-90)79(94-73-40-34-56(86(7,8)9)46-64(73)65-47-57(87(10,11)12)35-41-74(65)94)82-77(80(78)95-75-42-36-58(88(13,14)15)48-66(75)67-49-59(89(16,17)18)37-43-76(67)95)61-31-25-30-60(81(61)96-82)70-50-69(52-26-21-19-22-27-52)91-83(92-70)53-28-23-20-24-29-53/h19-50H,1-18H3. The van der Waals surface area contributed by atoms with E-state index in [2.05, 4.69) is 314 Å². The van der Waals surface area contributed by atoms with Gasteiger partial charge in [0.05, 0.1) is 61.2 Å². The molecule has 5 heterocycles. The van der Waals surface area contributed by atoms with Crippen molar-refractivity contribution >= 4 is 87.4 Å². The summed E-state index contributed by atoms with van der Waals surface area (Å²) in [5, 5.41) is 21.7. The predicted octanol–water partition coefficient (Wildman–Crippen LogP) is 24.3. The van der Waals surface area contributed by atoms with Gasteiger partial charge in [-0.1, -0.05) is 234 Å². The van der Waals surface area contributed by atoms with E-state index >= 15 is 0 Å². The minimum atomic E-state index is -0.156. The Kier molecular flexibility index (Phi) is 13.9. The molecule has 0 amide bonds. The van der Waals surface area contributed by atoms with Crippen LogP contribution in [0.15, 0.2) is 199 Å². The van der Waals surface area contributed by atoms with Gasteiger partial charge in [-0.25, -0.2) is 9.97 Å². The molecule has 0 saturated heterocycles. The highest BCUT2D eigenvalue weighted by molar-refractivity contribution is 6.23. The number of para-hydroxylation sites is 1. The summed E-state index contributed by atoms with van der Waals surface area (Å²) in [7, 11) is 0. The third-order valence-corrected chi connectivity index (χ3v) is 20.2. The van der Waals surface area contributed by atoms with Crippen LogP contribution in [0.2, 0.25) is 0 Å². The molecule has 0 bridgehead atoms. The number of fused-ring (bicyclic) bond motifs is 12. The number of nitriles is 1. The van der Waals surface area contributed by atoms with Gasteiger partial charge < -0.3 is 18.1 Å². The smallest absolute Gasteiger partial charge is 0.163 e. The van der Waals surface area contributed by atoms with Crippen LogP contribution in [0, 0.1) is 11.3 Å². The number of rotatable bonds is 6. The lowest BCUT2D eigenvalue weighted by atomic mass is 9.85. The van der Waals surface area contributed by atoms with Crippen molar-refractivity contribution in [1.82, 2.24) is 23.7 Å². The number of nitrogens with zero attached hydrogens (tertiary/aromatic N) is 6. The summed E-state index contributed by atoms with van der Waals surface area (Å²) in [6, 6.07) is 74.4. The average Bonchev–Trinajstić information content (AvgIpc) is 1.51. The zero-order valence-corrected chi connectivity index (χ0v) is 59.1. The van der Waals surface area contributed by atoms with Gasteiger partial charge in [-0.15, -0.1) is 0 Å². The van der Waals surface area contributed by atoms with E-state index in [1.165, 1.54) is 33.4 Å². The van der Waals surface area contributed by atoms with Crippen molar-refractivity contribution in [1.29, 1.82) is 5.26 Å². The minimum Gasteiger partial charge on any atom is -0.453 e. The molecule has 96 heavy (non-hydrogen) atoms. The van der Waals surface area contributed by atoms with Crippen LogP contribution in [0.1, 0.15) is 164 Å². The van der Waals surface area contributed by atoms with Gasteiger partial charge in [0.25, 0.3) is 0 Å². The summed E-state index contributed by atoms with van der Waals surface area (Å²) < 4.78 is 15.4. The van der Waals surface area contributed by atoms with E-state index in [9.17, 15) is 5.26 Å². The Bertz CT molecular complexity index is 5480. The normalized spacial score (nSPS) is 13.1. The van der Waals surface area contributed by atoms with Gasteiger partial charge in [-0.3, -0.25) is 0 Å². The second kappa shape index (κ2) is 21.5. The summed E-state index contributed by atoms with van der Waals surface area (Å²) in [4.78, 5) is 10.8. The Morgan fingerprint density at radius 3 is 1.00 bits per heavy atom. The van der Waals surface area contributed by atoms with Gasteiger partial charge >= 0.3 is 0 Å².